The molecule has 0 aliphatic rings. The van der Waals surface area contributed by atoms with Crippen LogP contribution in [0.2, 0.25) is 0 Å². The highest BCUT2D eigenvalue weighted by atomic mass is 32.1. The summed E-state index contributed by atoms with van der Waals surface area (Å²) in [5, 5.41) is 2.07. The molecule has 4 heteroatoms. The highest BCUT2D eigenvalue weighted by molar-refractivity contribution is 7.09. The first-order valence-electron chi connectivity index (χ1n) is 8.07. The number of amides is 1. The van der Waals surface area contributed by atoms with Crippen molar-refractivity contribution in [3.8, 4) is 0 Å². The van der Waals surface area contributed by atoms with E-state index in [0.717, 1.165) is 24.1 Å². The molecule has 0 fully saturated rings. The standard InChI is InChI=1S/C20H21NO2S/c1-16-4-2-5-17(12-16)13-20(22)21(14-18-8-10-23-15-18)9-7-19-6-3-11-24-19/h2-6,8,10-12,15H,7,9,13-14H2,1H3. The number of rotatable bonds is 7. The Kier molecular flexibility index (Phi) is 5.49. The third kappa shape index (κ3) is 4.59. The molecule has 3 rings (SSSR count). The average Bonchev–Trinajstić information content (AvgIpc) is 3.25. The van der Waals surface area contributed by atoms with Crippen molar-refractivity contribution in [2.24, 2.45) is 0 Å². The number of hydrogen-bond donors (Lipinski definition) is 0. The molecular weight excluding hydrogens is 318 g/mol. The van der Waals surface area contributed by atoms with Crippen LogP contribution in [0.1, 0.15) is 21.6 Å². The predicted molar refractivity (Wildman–Crippen MR) is 97.0 cm³/mol. The quantitative estimate of drug-likeness (QED) is 0.636. The largest absolute Gasteiger partial charge is 0.472 e. The molecule has 24 heavy (non-hydrogen) atoms. The molecular formula is C20H21NO2S. The summed E-state index contributed by atoms with van der Waals surface area (Å²) in [4.78, 5) is 16.0. The van der Waals surface area contributed by atoms with Gasteiger partial charge in [-0.25, -0.2) is 0 Å². The third-order valence-corrected chi connectivity index (χ3v) is 4.89. The summed E-state index contributed by atoms with van der Waals surface area (Å²) >= 11 is 1.73. The van der Waals surface area contributed by atoms with Crippen LogP contribution in [0.3, 0.4) is 0 Å². The molecule has 0 bridgehead atoms. The summed E-state index contributed by atoms with van der Waals surface area (Å²) in [7, 11) is 0. The lowest BCUT2D eigenvalue weighted by molar-refractivity contribution is -0.131. The van der Waals surface area contributed by atoms with Gasteiger partial charge in [-0.15, -0.1) is 11.3 Å². The second kappa shape index (κ2) is 7.97. The molecule has 1 amide bonds. The van der Waals surface area contributed by atoms with Crippen LogP contribution in [0.25, 0.3) is 0 Å². The fraction of sp³-hybridized carbons (Fsp3) is 0.250. The molecule has 0 unspecified atom stereocenters. The van der Waals surface area contributed by atoms with Gasteiger partial charge in [0.05, 0.1) is 18.9 Å². The van der Waals surface area contributed by atoms with E-state index in [0.29, 0.717) is 13.0 Å². The van der Waals surface area contributed by atoms with Crippen molar-refractivity contribution in [3.05, 3.63) is 81.9 Å². The minimum absolute atomic E-state index is 0.151. The summed E-state index contributed by atoms with van der Waals surface area (Å²) in [6.07, 6.45) is 4.68. The van der Waals surface area contributed by atoms with Crippen molar-refractivity contribution in [1.82, 2.24) is 4.90 Å². The maximum absolute atomic E-state index is 12.8. The van der Waals surface area contributed by atoms with Crippen LogP contribution in [0.15, 0.2) is 64.8 Å². The van der Waals surface area contributed by atoms with Crippen molar-refractivity contribution in [2.75, 3.05) is 6.54 Å². The van der Waals surface area contributed by atoms with Gasteiger partial charge in [0.25, 0.3) is 0 Å². The van der Waals surface area contributed by atoms with E-state index < -0.39 is 0 Å². The number of benzene rings is 1. The molecule has 0 saturated heterocycles. The molecule has 0 atom stereocenters. The Morgan fingerprint density at radius 1 is 1.17 bits per heavy atom. The maximum Gasteiger partial charge on any atom is 0.227 e. The molecule has 2 heterocycles. The Balaban J connectivity index is 1.68. The molecule has 2 aromatic heterocycles. The highest BCUT2D eigenvalue weighted by Gasteiger charge is 2.15. The Morgan fingerprint density at radius 3 is 2.79 bits per heavy atom. The minimum atomic E-state index is 0.151. The number of carbonyl (C=O) groups excluding carboxylic acids is 1. The summed E-state index contributed by atoms with van der Waals surface area (Å²) in [6, 6.07) is 14.2. The fourth-order valence-electron chi connectivity index (χ4n) is 2.70. The van der Waals surface area contributed by atoms with Gasteiger partial charge in [-0.3, -0.25) is 4.79 Å². The van der Waals surface area contributed by atoms with Crippen molar-refractivity contribution < 1.29 is 9.21 Å². The molecule has 0 spiro atoms. The van der Waals surface area contributed by atoms with Gasteiger partial charge in [-0.05, 0) is 36.4 Å². The van der Waals surface area contributed by atoms with Gasteiger partial charge in [-0.1, -0.05) is 35.9 Å². The first-order valence-corrected chi connectivity index (χ1v) is 8.95. The zero-order chi connectivity index (χ0) is 16.8. The average molecular weight is 339 g/mol. The Morgan fingerprint density at radius 2 is 2.08 bits per heavy atom. The highest BCUT2D eigenvalue weighted by Crippen LogP contribution is 2.14. The molecule has 0 radical (unpaired) electrons. The molecule has 0 N–H and O–H groups in total. The van der Waals surface area contributed by atoms with Crippen LogP contribution in [0.5, 0.6) is 0 Å². The fourth-order valence-corrected chi connectivity index (χ4v) is 3.40. The second-order valence-electron chi connectivity index (χ2n) is 5.94. The maximum atomic E-state index is 12.8. The predicted octanol–water partition coefficient (Wildman–Crippen LogP) is 4.46. The van der Waals surface area contributed by atoms with Crippen LogP contribution < -0.4 is 0 Å². The van der Waals surface area contributed by atoms with E-state index in [-0.39, 0.29) is 5.91 Å². The number of nitrogens with zero attached hydrogens (tertiary/aromatic N) is 1. The van der Waals surface area contributed by atoms with Crippen LogP contribution in [-0.2, 0) is 24.2 Å². The number of thiophene rings is 1. The van der Waals surface area contributed by atoms with Crippen LogP contribution in [0, 0.1) is 6.92 Å². The summed E-state index contributed by atoms with van der Waals surface area (Å²) in [6.45, 7) is 3.36. The first-order chi connectivity index (χ1) is 11.7. The lowest BCUT2D eigenvalue weighted by Crippen LogP contribution is -2.33. The normalized spacial score (nSPS) is 10.7. The van der Waals surface area contributed by atoms with Crippen molar-refractivity contribution >= 4 is 17.2 Å². The topological polar surface area (TPSA) is 33.5 Å². The van der Waals surface area contributed by atoms with Crippen molar-refractivity contribution in [1.29, 1.82) is 0 Å². The van der Waals surface area contributed by atoms with Crippen LogP contribution >= 0.6 is 11.3 Å². The van der Waals surface area contributed by atoms with E-state index in [2.05, 4.69) is 23.6 Å². The Hall–Kier alpha value is -2.33. The summed E-state index contributed by atoms with van der Waals surface area (Å²) < 4.78 is 5.14. The number of carbonyl (C=O) groups is 1. The number of aryl methyl sites for hydroxylation is 1. The first kappa shape index (κ1) is 16.5. The van der Waals surface area contributed by atoms with Gasteiger partial charge < -0.3 is 9.32 Å². The number of furan rings is 1. The van der Waals surface area contributed by atoms with Gasteiger partial charge in [0.15, 0.2) is 0 Å². The van der Waals surface area contributed by atoms with E-state index in [4.69, 9.17) is 4.42 Å². The van der Waals surface area contributed by atoms with E-state index in [1.807, 2.05) is 36.1 Å². The zero-order valence-electron chi connectivity index (χ0n) is 13.8. The van der Waals surface area contributed by atoms with Crippen LogP contribution in [-0.4, -0.2) is 17.4 Å². The number of hydrogen-bond acceptors (Lipinski definition) is 3. The molecule has 1 aromatic carbocycles. The van der Waals surface area contributed by atoms with Gasteiger partial charge in [-0.2, -0.15) is 0 Å². The molecule has 3 aromatic rings. The monoisotopic (exact) mass is 339 g/mol. The SMILES string of the molecule is Cc1cccc(CC(=O)N(CCc2cccs2)Cc2ccoc2)c1. The molecule has 0 aliphatic carbocycles. The third-order valence-electron chi connectivity index (χ3n) is 3.95. The molecule has 3 nitrogen and oxygen atoms in total. The Labute approximate surface area is 146 Å². The lowest BCUT2D eigenvalue weighted by atomic mass is 10.1. The van der Waals surface area contributed by atoms with Crippen molar-refractivity contribution in [3.63, 3.8) is 0 Å². The smallest absolute Gasteiger partial charge is 0.227 e. The van der Waals surface area contributed by atoms with E-state index in [9.17, 15) is 4.79 Å². The van der Waals surface area contributed by atoms with Crippen molar-refractivity contribution in [2.45, 2.75) is 26.3 Å². The van der Waals surface area contributed by atoms with Crippen LogP contribution in [0.4, 0.5) is 0 Å². The zero-order valence-corrected chi connectivity index (χ0v) is 14.6. The second-order valence-corrected chi connectivity index (χ2v) is 6.97. The van der Waals surface area contributed by atoms with Gasteiger partial charge >= 0.3 is 0 Å². The summed E-state index contributed by atoms with van der Waals surface area (Å²) in [5.74, 6) is 0.151. The lowest BCUT2D eigenvalue weighted by Gasteiger charge is -2.22. The van der Waals surface area contributed by atoms with Gasteiger partial charge in [0, 0.05) is 23.5 Å². The van der Waals surface area contributed by atoms with Gasteiger partial charge in [0.2, 0.25) is 5.91 Å². The summed E-state index contributed by atoms with van der Waals surface area (Å²) in [5.41, 5.74) is 3.27. The Bertz CT molecular complexity index is 763. The molecule has 0 aliphatic heterocycles. The molecule has 0 saturated carbocycles. The molecule has 124 valence electrons. The van der Waals surface area contributed by atoms with E-state index in [1.54, 1.807) is 23.9 Å². The van der Waals surface area contributed by atoms with E-state index in [1.165, 1.54) is 10.4 Å². The van der Waals surface area contributed by atoms with Gasteiger partial charge in [0.1, 0.15) is 0 Å². The van der Waals surface area contributed by atoms with E-state index >= 15 is 0 Å². The minimum Gasteiger partial charge on any atom is -0.472 e.